The lowest BCUT2D eigenvalue weighted by Gasteiger charge is -2.36. The Bertz CT molecular complexity index is 701. The largest absolute Gasteiger partial charge is 0.387 e. The van der Waals surface area contributed by atoms with Crippen molar-refractivity contribution in [3.8, 4) is 6.07 Å². The standard InChI is InChI=1S/C19H19NO/c1-14-6-2-5-9-17(14)18(21)19(13-20)11-10-15-7-3-4-8-16(15)12-19/h2-9,18,21H,10-12H2,1H3. The molecule has 3 rings (SSSR count). The topological polar surface area (TPSA) is 44.0 Å². The summed E-state index contributed by atoms with van der Waals surface area (Å²) in [4.78, 5) is 0. The molecule has 1 aliphatic rings. The third kappa shape index (κ3) is 2.34. The number of hydrogen-bond acceptors (Lipinski definition) is 2. The molecule has 106 valence electrons. The number of benzene rings is 2. The summed E-state index contributed by atoms with van der Waals surface area (Å²) in [7, 11) is 0. The molecule has 0 spiro atoms. The van der Waals surface area contributed by atoms with E-state index in [-0.39, 0.29) is 0 Å². The van der Waals surface area contributed by atoms with Gasteiger partial charge in [0.15, 0.2) is 0 Å². The minimum atomic E-state index is -0.739. The second kappa shape index (κ2) is 5.35. The zero-order valence-electron chi connectivity index (χ0n) is 12.2. The lowest BCUT2D eigenvalue weighted by Crippen LogP contribution is -2.34. The first-order valence-corrected chi connectivity index (χ1v) is 7.38. The van der Waals surface area contributed by atoms with Gasteiger partial charge in [-0.3, -0.25) is 0 Å². The van der Waals surface area contributed by atoms with Gasteiger partial charge in [-0.1, -0.05) is 48.5 Å². The fourth-order valence-corrected chi connectivity index (χ4v) is 3.34. The van der Waals surface area contributed by atoms with Crippen LogP contribution >= 0.6 is 0 Å². The number of aliphatic hydroxyl groups excluding tert-OH is 1. The van der Waals surface area contributed by atoms with E-state index in [0.717, 1.165) is 17.5 Å². The van der Waals surface area contributed by atoms with Crippen LogP contribution in [0.25, 0.3) is 0 Å². The number of nitrogens with zero attached hydrogens (tertiary/aromatic N) is 1. The Hall–Kier alpha value is -2.11. The molecule has 0 bridgehead atoms. The fourth-order valence-electron chi connectivity index (χ4n) is 3.34. The van der Waals surface area contributed by atoms with Crippen LogP contribution in [0.4, 0.5) is 0 Å². The molecule has 0 saturated carbocycles. The van der Waals surface area contributed by atoms with Crippen LogP contribution in [0.15, 0.2) is 48.5 Å². The van der Waals surface area contributed by atoms with Crippen LogP contribution in [0.1, 0.15) is 34.8 Å². The highest BCUT2D eigenvalue weighted by molar-refractivity contribution is 5.37. The second-order valence-electron chi connectivity index (χ2n) is 5.97. The molecule has 1 aliphatic carbocycles. The van der Waals surface area contributed by atoms with E-state index in [1.807, 2.05) is 43.3 Å². The predicted molar refractivity (Wildman–Crippen MR) is 82.7 cm³/mol. The normalized spacial score (nSPS) is 22.1. The van der Waals surface area contributed by atoms with Crippen molar-refractivity contribution in [3.05, 3.63) is 70.8 Å². The van der Waals surface area contributed by atoms with E-state index in [1.54, 1.807) is 0 Å². The van der Waals surface area contributed by atoms with Crippen molar-refractivity contribution < 1.29 is 5.11 Å². The lowest BCUT2D eigenvalue weighted by molar-refractivity contribution is 0.0521. The highest BCUT2D eigenvalue weighted by Crippen LogP contribution is 2.45. The summed E-state index contributed by atoms with van der Waals surface area (Å²) in [6.07, 6.45) is 1.44. The number of aliphatic hydroxyl groups is 1. The maximum Gasteiger partial charge on any atom is 0.0982 e. The highest BCUT2D eigenvalue weighted by atomic mass is 16.3. The van der Waals surface area contributed by atoms with Crippen molar-refractivity contribution in [3.63, 3.8) is 0 Å². The molecule has 0 saturated heterocycles. The predicted octanol–water partition coefficient (Wildman–Crippen LogP) is 3.73. The van der Waals surface area contributed by atoms with Crippen LogP contribution in [0, 0.1) is 23.7 Å². The van der Waals surface area contributed by atoms with Gasteiger partial charge in [-0.15, -0.1) is 0 Å². The Morgan fingerprint density at radius 3 is 2.48 bits per heavy atom. The molecule has 2 unspecified atom stereocenters. The maximum absolute atomic E-state index is 10.9. The molecule has 2 nitrogen and oxygen atoms in total. The fraction of sp³-hybridized carbons (Fsp3) is 0.316. The lowest BCUT2D eigenvalue weighted by atomic mass is 9.67. The summed E-state index contributed by atoms with van der Waals surface area (Å²) in [5, 5.41) is 20.7. The number of hydrogen-bond donors (Lipinski definition) is 1. The van der Waals surface area contributed by atoms with Crippen molar-refractivity contribution in [2.24, 2.45) is 5.41 Å². The van der Waals surface area contributed by atoms with Crippen LogP contribution in [0.2, 0.25) is 0 Å². The Labute approximate surface area is 125 Å². The highest BCUT2D eigenvalue weighted by Gasteiger charge is 2.42. The Balaban J connectivity index is 2.00. The van der Waals surface area contributed by atoms with E-state index >= 15 is 0 Å². The number of rotatable bonds is 2. The molecule has 0 radical (unpaired) electrons. The number of nitriles is 1. The van der Waals surface area contributed by atoms with Gasteiger partial charge >= 0.3 is 0 Å². The molecule has 2 atom stereocenters. The van der Waals surface area contributed by atoms with Crippen molar-refractivity contribution in [2.75, 3.05) is 0 Å². The molecule has 0 aromatic heterocycles. The summed E-state index contributed by atoms with van der Waals surface area (Å²) in [6.45, 7) is 1.99. The van der Waals surface area contributed by atoms with Gasteiger partial charge in [0.2, 0.25) is 0 Å². The third-order valence-electron chi connectivity index (χ3n) is 4.69. The van der Waals surface area contributed by atoms with E-state index < -0.39 is 11.5 Å². The first kappa shape index (κ1) is 13.9. The van der Waals surface area contributed by atoms with E-state index in [0.29, 0.717) is 12.8 Å². The average Bonchev–Trinajstić information content (AvgIpc) is 2.54. The van der Waals surface area contributed by atoms with Crippen LogP contribution < -0.4 is 0 Å². The summed E-state index contributed by atoms with van der Waals surface area (Å²) < 4.78 is 0. The molecule has 2 aromatic carbocycles. The van der Waals surface area contributed by atoms with Crippen molar-refractivity contribution in [1.29, 1.82) is 5.26 Å². The van der Waals surface area contributed by atoms with Gasteiger partial charge in [-0.05, 0) is 48.4 Å². The van der Waals surface area contributed by atoms with Gasteiger partial charge in [0.25, 0.3) is 0 Å². The van der Waals surface area contributed by atoms with E-state index in [4.69, 9.17) is 0 Å². The van der Waals surface area contributed by atoms with Gasteiger partial charge in [0.1, 0.15) is 0 Å². The van der Waals surface area contributed by atoms with E-state index in [1.165, 1.54) is 11.1 Å². The maximum atomic E-state index is 10.9. The minimum Gasteiger partial charge on any atom is -0.387 e. The second-order valence-corrected chi connectivity index (χ2v) is 5.97. The van der Waals surface area contributed by atoms with Gasteiger partial charge < -0.3 is 5.11 Å². The Morgan fingerprint density at radius 1 is 1.10 bits per heavy atom. The van der Waals surface area contributed by atoms with Gasteiger partial charge in [-0.25, -0.2) is 0 Å². The SMILES string of the molecule is Cc1ccccc1C(O)C1(C#N)CCc2ccccc2C1. The molecule has 0 fully saturated rings. The summed E-state index contributed by atoms with van der Waals surface area (Å²) in [6, 6.07) is 18.5. The quantitative estimate of drug-likeness (QED) is 0.909. The Kier molecular flexibility index (Phi) is 3.53. The van der Waals surface area contributed by atoms with Crippen LogP contribution in [-0.4, -0.2) is 5.11 Å². The van der Waals surface area contributed by atoms with Crippen molar-refractivity contribution in [1.82, 2.24) is 0 Å². The number of fused-ring (bicyclic) bond motifs is 1. The van der Waals surface area contributed by atoms with E-state index in [2.05, 4.69) is 18.2 Å². The Morgan fingerprint density at radius 2 is 1.76 bits per heavy atom. The van der Waals surface area contributed by atoms with Gasteiger partial charge in [-0.2, -0.15) is 5.26 Å². The molecule has 0 heterocycles. The average molecular weight is 277 g/mol. The van der Waals surface area contributed by atoms with Gasteiger partial charge in [0.05, 0.1) is 17.6 Å². The van der Waals surface area contributed by atoms with E-state index in [9.17, 15) is 10.4 Å². The molecular formula is C19H19NO. The van der Waals surface area contributed by atoms with Crippen LogP contribution in [0.5, 0.6) is 0 Å². The van der Waals surface area contributed by atoms with Crippen molar-refractivity contribution >= 4 is 0 Å². The summed E-state index contributed by atoms with van der Waals surface area (Å²) >= 11 is 0. The smallest absolute Gasteiger partial charge is 0.0982 e. The molecular weight excluding hydrogens is 258 g/mol. The van der Waals surface area contributed by atoms with Crippen LogP contribution in [0.3, 0.4) is 0 Å². The molecule has 2 aromatic rings. The monoisotopic (exact) mass is 277 g/mol. The third-order valence-corrected chi connectivity index (χ3v) is 4.69. The molecule has 21 heavy (non-hydrogen) atoms. The first-order chi connectivity index (χ1) is 10.2. The summed E-state index contributed by atoms with van der Waals surface area (Å²) in [5.41, 5.74) is 3.69. The molecule has 0 amide bonds. The molecule has 0 aliphatic heterocycles. The van der Waals surface area contributed by atoms with Crippen molar-refractivity contribution in [2.45, 2.75) is 32.3 Å². The first-order valence-electron chi connectivity index (χ1n) is 7.38. The molecule has 1 N–H and O–H groups in total. The zero-order chi connectivity index (χ0) is 14.9. The van der Waals surface area contributed by atoms with Gasteiger partial charge in [0, 0.05) is 0 Å². The zero-order valence-corrected chi connectivity index (χ0v) is 12.2. The van der Waals surface area contributed by atoms with Crippen LogP contribution in [-0.2, 0) is 12.8 Å². The number of aryl methyl sites for hydroxylation is 2. The molecule has 2 heteroatoms. The minimum absolute atomic E-state index is 0.620. The summed E-state index contributed by atoms with van der Waals surface area (Å²) in [5.74, 6) is 0.